The molecule has 1 atom stereocenters. The van der Waals surface area contributed by atoms with Crippen molar-refractivity contribution in [3.8, 4) is 11.5 Å². The second-order valence-corrected chi connectivity index (χ2v) is 7.25. The summed E-state index contributed by atoms with van der Waals surface area (Å²) in [4.78, 5) is 14.6. The molecule has 6 heteroatoms. The summed E-state index contributed by atoms with van der Waals surface area (Å²) in [5.74, 6) is 1.18. The molecule has 0 radical (unpaired) electrons. The highest BCUT2D eigenvalue weighted by Gasteiger charge is 2.28. The van der Waals surface area contributed by atoms with Gasteiger partial charge in [-0.25, -0.2) is 4.39 Å². The number of hydrogen-bond acceptors (Lipinski definition) is 4. The summed E-state index contributed by atoms with van der Waals surface area (Å²) in [6.07, 6.45) is 2.92. The Morgan fingerprint density at radius 2 is 1.93 bits per heavy atom. The van der Waals surface area contributed by atoms with E-state index in [1.165, 1.54) is 6.07 Å². The van der Waals surface area contributed by atoms with Gasteiger partial charge in [-0.05, 0) is 43.1 Å². The molecule has 1 fully saturated rings. The fourth-order valence-electron chi connectivity index (χ4n) is 3.86. The van der Waals surface area contributed by atoms with Gasteiger partial charge in [0.25, 0.3) is 0 Å². The van der Waals surface area contributed by atoms with Crippen LogP contribution >= 0.6 is 0 Å². The van der Waals surface area contributed by atoms with Crippen LogP contribution in [0, 0.1) is 5.82 Å². The summed E-state index contributed by atoms with van der Waals surface area (Å²) >= 11 is 0. The van der Waals surface area contributed by atoms with E-state index < -0.39 is 0 Å². The number of halogens is 1. The second kappa shape index (κ2) is 8.61. The molecular weight excluding hydrogens is 359 g/mol. The van der Waals surface area contributed by atoms with Crippen LogP contribution in [0.25, 0.3) is 0 Å². The lowest BCUT2D eigenvalue weighted by Crippen LogP contribution is -2.36. The largest absolute Gasteiger partial charge is 0.490 e. The van der Waals surface area contributed by atoms with Crippen molar-refractivity contribution in [1.82, 2.24) is 10.2 Å². The van der Waals surface area contributed by atoms with Crippen LogP contribution in [0.2, 0.25) is 0 Å². The fourth-order valence-corrected chi connectivity index (χ4v) is 3.86. The molecule has 2 heterocycles. The fraction of sp³-hybridized carbons (Fsp3) is 0.409. The van der Waals surface area contributed by atoms with Gasteiger partial charge in [0.2, 0.25) is 5.91 Å². The number of fused-ring (bicyclic) bond motifs is 1. The lowest BCUT2D eigenvalue weighted by molar-refractivity contribution is -0.122. The van der Waals surface area contributed by atoms with Crippen molar-refractivity contribution in [2.45, 2.75) is 31.8 Å². The van der Waals surface area contributed by atoms with Gasteiger partial charge in [0, 0.05) is 24.6 Å². The molecule has 5 nitrogen and oxygen atoms in total. The van der Waals surface area contributed by atoms with Crippen LogP contribution in [0.15, 0.2) is 42.5 Å². The summed E-state index contributed by atoms with van der Waals surface area (Å²) < 4.78 is 25.2. The van der Waals surface area contributed by atoms with Gasteiger partial charge in [-0.3, -0.25) is 9.69 Å². The van der Waals surface area contributed by atoms with Crippen molar-refractivity contribution < 1.29 is 18.7 Å². The standard InChI is InChI=1S/C22H25FN2O3/c23-18-6-2-1-5-17(18)14-24-22(26)15-25-10-3-7-19(25)16-8-9-20-21(13-16)28-12-4-11-27-20/h1-2,5-6,8-9,13,19H,3-4,7,10-12,14-15H2,(H,24,26). The van der Waals surface area contributed by atoms with Crippen molar-refractivity contribution in [1.29, 1.82) is 0 Å². The first-order valence-electron chi connectivity index (χ1n) is 9.84. The van der Waals surface area contributed by atoms with E-state index in [1.807, 2.05) is 12.1 Å². The minimum absolute atomic E-state index is 0.0931. The maximum Gasteiger partial charge on any atom is 0.234 e. The molecule has 4 rings (SSSR count). The van der Waals surface area contributed by atoms with Crippen molar-refractivity contribution >= 4 is 5.91 Å². The lowest BCUT2D eigenvalue weighted by atomic mass is 10.0. The number of benzene rings is 2. The first-order valence-corrected chi connectivity index (χ1v) is 9.84. The first kappa shape index (κ1) is 18.7. The highest BCUT2D eigenvalue weighted by molar-refractivity contribution is 5.78. The van der Waals surface area contributed by atoms with E-state index in [0.717, 1.165) is 42.9 Å². The highest BCUT2D eigenvalue weighted by atomic mass is 19.1. The van der Waals surface area contributed by atoms with E-state index in [-0.39, 0.29) is 24.3 Å². The van der Waals surface area contributed by atoms with Gasteiger partial charge in [0.15, 0.2) is 11.5 Å². The molecular formula is C22H25FN2O3. The third-order valence-corrected chi connectivity index (χ3v) is 5.30. The molecule has 2 aliphatic rings. The zero-order valence-corrected chi connectivity index (χ0v) is 15.8. The van der Waals surface area contributed by atoms with Crippen molar-refractivity contribution in [3.63, 3.8) is 0 Å². The van der Waals surface area contributed by atoms with Gasteiger partial charge in [-0.2, -0.15) is 0 Å². The quantitative estimate of drug-likeness (QED) is 0.858. The summed E-state index contributed by atoms with van der Waals surface area (Å²) in [5, 5.41) is 2.83. The number of carbonyl (C=O) groups excluding carboxylic acids is 1. The predicted molar refractivity (Wildman–Crippen MR) is 104 cm³/mol. The number of amides is 1. The first-order chi connectivity index (χ1) is 13.7. The monoisotopic (exact) mass is 384 g/mol. The minimum Gasteiger partial charge on any atom is -0.490 e. The number of nitrogens with zero attached hydrogens (tertiary/aromatic N) is 1. The van der Waals surface area contributed by atoms with Crippen molar-refractivity contribution in [2.75, 3.05) is 26.3 Å². The Bertz CT molecular complexity index is 842. The van der Waals surface area contributed by atoms with Crippen LogP contribution in [0.3, 0.4) is 0 Å². The Labute approximate surface area is 164 Å². The number of hydrogen-bond donors (Lipinski definition) is 1. The number of ether oxygens (including phenoxy) is 2. The predicted octanol–water partition coefficient (Wildman–Crippen LogP) is 3.44. The molecule has 28 heavy (non-hydrogen) atoms. The van der Waals surface area contributed by atoms with Crippen molar-refractivity contribution in [3.05, 3.63) is 59.4 Å². The molecule has 0 aliphatic carbocycles. The van der Waals surface area contributed by atoms with E-state index in [1.54, 1.807) is 18.2 Å². The van der Waals surface area contributed by atoms with Gasteiger partial charge >= 0.3 is 0 Å². The summed E-state index contributed by atoms with van der Waals surface area (Å²) in [5.41, 5.74) is 1.64. The molecule has 1 saturated heterocycles. The van der Waals surface area contributed by atoms with Crippen LogP contribution in [-0.2, 0) is 11.3 Å². The van der Waals surface area contributed by atoms with Crippen molar-refractivity contribution in [2.24, 2.45) is 0 Å². The van der Waals surface area contributed by atoms with E-state index in [2.05, 4.69) is 16.3 Å². The van der Waals surface area contributed by atoms with E-state index in [9.17, 15) is 9.18 Å². The molecule has 2 aliphatic heterocycles. The SMILES string of the molecule is O=C(CN1CCCC1c1ccc2c(c1)OCCCO2)NCc1ccccc1F. The summed E-state index contributed by atoms with van der Waals surface area (Å²) in [6, 6.07) is 12.8. The zero-order chi connectivity index (χ0) is 19.3. The Balaban J connectivity index is 1.39. The Hall–Kier alpha value is -2.60. The third-order valence-electron chi connectivity index (χ3n) is 5.30. The molecule has 0 bridgehead atoms. The second-order valence-electron chi connectivity index (χ2n) is 7.25. The topological polar surface area (TPSA) is 50.8 Å². The van der Waals surface area contributed by atoms with Gasteiger partial charge in [0.05, 0.1) is 19.8 Å². The maximum atomic E-state index is 13.7. The minimum atomic E-state index is -0.297. The Morgan fingerprint density at radius 3 is 2.79 bits per heavy atom. The van der Waals surface area contributed by atoms with Crippen LogP contribution < -0.4 is 14.8 Å². The summed E-state index contributed by atoms with van der Waals surface area (Å²) in [7, 11) is 0. The molecule has 1 amide bonds. The molecule has 1 N–H and O–H groups in total. The Kier molecular flexibility index (Phi) is 5.76. The van der Waals surface area contributed by atoms with Gasteiger partial charge in [-0.1, -0.05) is 24.3 Å². The number of carbonyl (C=O) groups is 1. The average Bonchev–Trinajstić information content (AvgIpc) is 3.02. The van der Waals surface area contributed by atoms with Crippen LogP contribution in [-0.4, -0.2) is 37.1 Å². The lowest BCUT2D eigenvalue weighted by Gasteiger charge is -2.25. The average molecular weight is 384 g/mol. The molecule has 0 spiro atoms. The van der Waals surface area contributed by atoms with E-state index in [4.69, 9.17) is 9.47 Å². The number of nitrogens with one attached hydrogen (secondary N) is 1. The molecule has 1 unspecified atom stereocenters. The Morgan fingerprint density at radius 1 is 1.11 bits per heavy atom. The van der Waals surface area contributed by atoms with Crippen LogP contribution in [0.4, 0.5) is 4.39 Å². The molecule has 2 aromatic rings. The normalized spacial score (nSPS) is 19.2. The summed E-state index contributed by atoms with van der Waals surface area (Å²) in [6.45, 7) is 2.70. The van der Waals surface area contributed by atoms with E-state index >= 15 is 0 Å². The smallest absolute Gasteiger partial charge is 0.234 e. The third kappa shape index (κ3) is 4.28. The zero-order valence-electron chi connectivity index (χ0n) is 15.8. The number of likely N-dealkylation sites (tertiary alicyclic amines) is 1. The maximum absolute atomic E-state index is 13.7. The van der Waals surface area contributed by atoms with E-state index in [0.29, 0.717) is 25.3 Å². The van der Waals surface area contributed by atoms with Gasteiger partial charge < -0.3 is 14.8 Å². The molecule has 0 saturated carbocycles. The van der Waals surface area contributed by atoms with Crippen LogP contribution in [0.5, 0.6) is 11.5 Å². The number of rotatable bonds is 5. The van der Waals surface area contributed by atoms with Gasteiger partial charge in [-0.15, -0.1) is 0 Å². The molecule has 0 aromatic heterocycles. The molecule has 148 valence electrons. The van der Waals surface area contributed by atoms with Crippen LogP contribution in [0.1, 0.15) is 36.4 Å². The highest BCUT2D eigenvalue weighted by Crippen LogP contribution is 2.37. The molecule has 2 aromatic carbocycles. The van der Waals surface area contributed by atoms with Gasteiger partial charge in [0.1, 0.15) is 5.82 Å².